The third kappa shape index (κ3) is 6.29. The third-order valence-corrected chi connectivity index (χ3v) is 7.80. The second-order valence-electron chi connectivity index (χ2n) is 8.83. The van der Waals surface area contributed by atoms with E-state index in [1.807, 2.05) is 42.1 Å². The summed E-state index contributed by atoms with van der Waals surface area (Å²) in [5.41, 5.74) is 1.76. The van der Waals surface area contributed by atoms with E-state index in [-0.39, 0.29) is 12.5 Å². The van der Waals surface area contributed by atoms with E-state index in [2.05, 4.69) is 9.88 Å². The molecule has 3 aromatic rings. The van der Waals surface area contributed by atoms with Crippen LogP contribution in [0.15, 0.2) is 58.4 Å². The lowest BCUT2D eigenvalue weighted by Gasteiger charge is -2.38. The number of nitrogens with zero attached hydrogens (tertiary/aromatic N) is 2. The normalized spacial score (nSPS) is 20.2. The first kappa shape index (κ1) is 24.1. The minimum absolute atomic E-state index is 0.205. The SMILES string of the molecule is COc1ccc2nccc(C(O)CC[C@@H]3CCN(CCCSc4ccoc4)C[C@@H]3CO)c2c1. The quantitative estimate of drug-likeness (QED) is 0.309. The Balaban J connectivity index is 1.27. The van der Waals surface area contributed by atoms with Crippen LogP contribution in [0.5, 0.6) is 5.75 Å². The number of fused-ring (bicyclic) bond motifs is 1. The van der Waals surface area contributed by atoms with Crippen LogP contribution >= 0.6 is 11.8 Å². The Morgan fingerprint density at radius 1 is 1.27 bits per heavy atom. The van der Waals surface area contributed by atoms with E-state index in [0.717, 1.165) is 66.9 Å². The number of aromatic nitrogens is 1. The lowest BCUT2D eigenvalue weighted by Crippen LogP contribution is -2.42. The first-order valence-electron chi connectivity index (χ1n) is 11.8. The van der Waals surface area contributed by atoms with Crippen molar-refractivity contribution in [3.8, 4) is 5.75 Å². The number of thioether (sulfide) groups is 1. The zero-order valence-electron chi connectivity index (χ0n) is 19.2. The van der Waals surface area contributed by atoms with Gasteiger partial charge < -0.3 is 24.3 Å². The molecule has 0 amide bonds. The largest absolute Gasteiger partial charge is 0.497 e. The van der Waals surface area contributed by atoms with Gasteiger partial charge >= 0.3 is 0 Å². The molecule has 1 fully saturated rings. The lowest BCUT2D eigenvalue weighted by molar-refractivity contribution is 0.0581. The highest BCUT2D eigenvalue weighted by Gasteiger charge is 2.29. The Bertz CT molecular complexity index is 997. The number of furan rings is 1. The fourth-order valence-electron chi connectivity index (χ4n) is 4.85. The van der Waals surface area contributed by atoms with Gasteiger partial charge in [-0.05, 0) is 92.3 Å². The summed E-state index contributed by atoms with van der Waals surface area (Å²) in [4.78, 5) is 8.08. The van der Waals surface area contributed by atoms with Crippen LogP contribution in [-0.2, 0) is 0 Å². The van der Waals surface area contributed by atoms with E-state index in [1.54, 1.807) is 25.8 Å². The molecule has 1 aliphatic heterocycles. The van der Waals surface area contributed by atoms with Crippen molar-refractivity contribution in [2.75, 3.05) is 39.1 Å². The maximum Gasteiger partial charge on any atom is 0.119 e. The van der Waals surface area contributed by atoms with E-state index in [9.17, 15) is 10.2 Å². The molecule has 0 saturated carbocycles. The van der Waals surface area contributed by atoms with Crippen molar-refractivity contribution in [3.05, 3.63) is 54.6 Å². The molecular weight excluding hydrogens is 436 g/mol. The Kier molecular flexibility index (Phi) is 8.67. The van der Waals surface area contributed by atoms with E-state index >= 15 is 0 Å². The van der Waals surface area contributed by atoms with Crippen molar-refractivity contribution in [3.63, 3.8) is 0 Å². The number of benzene rings is 1. The van der Waals surface area contributed by atoms with Gasteiger partial charge in [-0.15, -0.1) is 11.8 Å². The molecule has 1 saturated heterocycles. The summed E-state index contributed by atoms with van der Waals surface area (Å²) < 4.78 is 10.5. The Labute approximate surface area is 200 Å². The van der Waals surface area contributed by atoms with E-state index in [1.165, 1.54) is 4.90 Å². The van der Waals surface area contributed by atoms with Crippen LogP contribution in [0.3, 0.4) is 0 Å². The van der Waals surface area contributed by atoms with Crippen molar-refractivity contribution >= 4 is 22.7 Å². The van der Waals surface area contributed by atoms with Gasteiger partial charge in [-0.1, -0.05) is 0 Å². The molecule has 6 nitrogen and oxygen atoms in total. The molecule has 2 N–H and O–H groups in total. The molecule has 0 radical (unpaired) electrons. The number of pyridine rings is 1. The van der Waals surface area contributed by atoms with Crippen LogP contribution in [0.4, 0.5) is 0 Å². The van der Waals surface area contributed by atoms with Gasteiger partial charge in [0.25, 0.3) is 0 Å². The second kappa shape index (κ2) is 11.9. The number of piperidine rings is 1. The molecule has 1 aromatic carbocycles. The molecule has 0 spiro atoms. The molecule has 0 aliphatic carbocycles. The zero-order valence-corrected chi connectivity index (χ0v) is 20.0. The summed E-state index contributed by atoms with van der Waals surface area (Å²) in [6, 6.07) is 9.66. The fraction of sp³-hybridized carbons (Fsp3) is 0.500. The molecule has 1 aliphatic rings. The summed E-state index contributed by atoms with van der Waals surface area (Å²) in [5.74, 6) is 2.53. The molecule has 3 atom stereocenters. The number of aliphatic hydroxyl groups excluding tert-OH is 2. The summed E-state index contributed by atoms with van der Waals surface area (Å²) in [6.07, 6.45) is 8.48. The number of aliphatic hydroxyl groups is 2. The van der Waals surface area contributed by atoms with Crippen LogP contribution in [0.2, 0.25) is 0 Å². The number of hydrogen-bond donors (Lipinski definition) is 2. The maximum absolute atomic E-state index is 11.0. The zero-order chi connectivity index (χ0) is 23.0. The molecule has 178 valence electrons. The van der Waals surface area contributed by atoms with E-state index < -0.39 is 6.10 Å². The van der Waals surface area contributed by atoms with Crippen LogP contribution in [0.1, 0.15) is 37.4 Å². The average Bonchev–Trinajstić information content (AvgIpc) is 3.38. The van der Waals surface area contributed by atoms with Crippen molar-refractivity contribution in [1.82, 2.24) is 9.88 Å². The average molecular weight is 471 g/mol. The monoisotopic (exact) mass is 470 g/mol. The number of likely N-dealkylation sites (tertiary alicyclic amines) is 1. The minimum atomic E-state index is -0.556. The van der Waals surface area contributed by atoms with Crippen molar-refractivity contribution in [2.45, 2.75) is 36.7 Å². The van der Waals surface area contributed by atoms with Gasteiger partial charge in [0.2, 0.25) is 0 Å². The van der Waals surface area contributed by atoms with Gasteiger partial charge in [0.15, 0.2) is 0 Å². The van der Waals surface area contributed by atoms with Gasteiger partial charge in [0, 0.05) is 29.6 Å². The topological polar surface area (TPSA) is 79.0 Å². The van der Waals surface area contributed by atoms with E-state index in [0.29, 0.717) is 12.3 Å². The summed E-state index contributed by atoms with van der Waals surface area (Å²) >= 11 is 1.83. The third-order valence-electron chi connectivity index (χ3n) is 6.74. The van der Waals surface area contributed by atoms with Crippen molar-refractivity contribution in [1.29, 1.82) is 0 Å². The smallest absolute Gasteiger partial charge is 0.119 e. The highest BCUT2D eigenvalue weighted by Crippen LogP contribution is 2.33. The number of methoxy groups -OCH3 is 1. The summed E-state index contributed by atoms with van der Waals surface area (Å²) in [7, 11) is 1.65. The predicted molar refractivity (Wildman–Crippen MR) is 132 cm³/mol. The molecule has 4 rings (SSSR count). The van der Waals surface area contributed by atoms with Crippen LogP contribution < -0.4 is 4.74 Å². The van der Waals surface area contributed by atoms with Crippen molar-refractivity contribution in [2.24, 2.45) is 11.8 Å². The minimum Gasteiger partial charge on any atom is -0.497 e. The highest BCUT2D eigenvalue weighted by molar-refractivity contribution is 7.99. The highest BCUT2D eigenvalue weighted by atomic mass is 32.2. The first-order valence-corrected chi connectivity index (χ1v) is 12.8. The molecule has 7 heteroatoms. The van der Waals surface area contributed by atoms with Crippen LogP contribution in [0, 0.1) is 11.8 Å². The van der Waals surface area contributed by atoms with Crippen molar-refractivity contribution < 1.29 is 19.4 Å². The number of rotatable bonds is 11. The molecule has 3 heterocycles. The molecule has 0 bridgehead atoms. The Hall–Kier alpha value is -2.06. The van der Waals surface area contributed by atoms with Gasteiger partial charge in [0.05, 0.1) is 25.0 Å². The van der Waals surface area contributed by atoms with Gasteiger partial charge in [-0.2, -0.15) is 0 Å². The Morgan fingerprint density at radius 3 is 2.97 bits per heavy atom. The Morgan fingerprint density at radius 2 is 2.18 bits per heavy atom. The fourth-order valence-corrected chi connectivity index (χ4v) is 5.63. The maximum atomic E-state index is 11.0. The molecule has 1 unspecified atom stereocenters. The van der Waals surface area contributed by atoms with Crippen LogP contribution in [-0.4, -0.2) is 59.2 Å². The lowest BCUT2D eigenvalue weighted by atomic mass is 9.81. The van der Waals surface area contributed by atoms with Gasteiger partial charge in [-0.3, -0.25) is 4.98 Å². The predicted octanol–water partition coefficient (Wildman–Crippen LogP) is 4.76. The van der Waals surface area contributed by atoms with Gasteiger partial charge in [-0.25, -0.2) is 0 Å². The molecular formula is C26H34N2O4S. The first-order chi connectivity index (χ1) is 16.2. The van der Waals surface area contributed by atoms with Gasteiger partial charge in [0.1, 0.15) is 12.0 Å². The summed E-state index contributed by atoms with van der Waals surface area (Å²) in [6.45, 7) is 3.25. The second-order valence-corrected chi connectivity index (χ2v) is 10.00. The standard InChI is InChI=1S/C26H34N2O4S/c1-31-21-4-5-25-24(15-21)23(7-10-27-25)26(30)6-3-19-8-12-28(16-20(19)17-29)11-2-14-33-22-9-13-32-18-22/h4-5,7,9-10,13,15,18-20,26,29-30H,2-3,6,8,11-12,14,16-17H2,1H3/t19-,20-,26?/m1/s1. The summed E-state index contributed by atoms with van der Waals surface area (Å²) in [5, 5.41) is 22.0. The molecule has 33 heavy (non-hydrogen) atoms. The molecule has 2 aromatic heterocycles. The van der Waals surface area contributed by atoms with E-state index in [4.69, 9.17) is 9.15 Å². The number of hydrogen-bond acceptors (Lipinski definition) is 7. The van der Waals surface area contributed by atoms with Crippen LogP contribution in [0.25, 0.3) is 10.9 Å². The number of ether oxygens (including phenoxy) is 1.